The summed E-state index contributed by atoms with van der Waals surface area (Å²) < 4.78 is 4.49. The van der Waals surface area contributed by atoms with Gasteiger partial charge in [-0.2, -0.15) is 0 Å². The number of hydrogen-bond donors (Lipinski definition) is 2. The first-order chi connectivity index (χ1) is 5.63. The first kappa shape index (κ1) is 10.9. The zero-order valence-electron chi connectivity index (χ0n) is 6.82. The van der Waals surface area contributed by atoms with Crippen molar-refractivity contribution in [3.63, 3.8) is 0 Å². The van der Waals surface area contributed by atoms with Crippen LogP contribution in [0, 0.1) is 5.92 Å². The minimum Gasteiger partial charge on any atom is -0.481 e. The lowest BCUT2D eigenvalue weighted by atomic mass is 10.1. The Kier molecular flexibility index (Phi) is 5.03. The fourth-order valence-electron chi connectivity index (χ4n) is 0.714. The minimum atomic E-state index is -1.26. The van der Waals surface area contributed by atoms with Crippen molar-refractivity contribution < 1.29 is 24.5 Å². The summed E-state index contributed by atoms with van der Waals surface area (Å²) in [6.45, 7) is 1.40. The fourth-order valence-corrected chi connectivity index (χ4v) is 0.714. The quantitative estimate of drug-likeness (QED) is 0.441. The predicted molar refractivity (Wildman–Crippen MR) is 39.5 cm³/mol. The van der Waals surface area contributed by atoms with Crippen LogP contribution in [0.15, 0.2) is 0 Å². The molecule has 0 spiro atoms. The summed E-state index contributed by atoms with van der Waals surface area (Å²) in [4.78, 5) is 21.3. The summed E-state index contributed by atoms with van der Waals surface area (Å²) in [6, 6.07) is 0. The number of aliphatic carboxylic acids is 1. The Morgan fingerprint density at radius 2 is 2.08 bits per heavy atom. The Morgan fingerprint density at radius 1 is 1.50 bits per heavy atom. The molecule has 0 amide bonds. The van der Waals surface area contributed by atoms with E-state index in [0.717, 1.165) is 0 Å². The lowest BCUT2D eigenvalue weighted by Gasteiger charge is -2.08. The van der Waals surface area contributed by atoms with Crippen LogP contribution < -0.4 is 0 Å². The molecule has 5 heteroatoms. The van der Waals surface area contributed by atoms with Crippen LogP contribution in [0.2, 0.25) is 0 Å². The zero-order valence-corrected chi connectivity index (χ0v) is 6.82. The van der Waals surface area contributed by atoms with Gasteiger partial charge in [0.25, 0.3) is 0 Å². The molecule has 12 heavy (non-hydrogen) atoms. The van der Waals surface area contributed by atoms with E-state index in [1.807, 2.05) is 0 Å². The SMILES string of the molecule is CCOC(=O)C(CCO)C(=O)O. The van der Waals surface area contributed by atoms with Crippen molar-refractivity contribution >= 4 is 11.9 Å². The molecule has 0 saturated heterocycles. The van der Waals surface area contributed by atoms with Crippen LogP contribution in [0.3, 0.4) is 0 Å². The van der Waals surface area contributed by atoms with Crippen molar-refractivity contribution in [3.05, 3.63) is 0 Å². The highest BCUT2D eigenvalue weighted by atomic mass is 16.5. The monoisotopic (exact) mass is 176 g/mol. The molecule has 0 aromatic heterocycles. The van der Waals surface area contributed by atoms with Gasteiger partial charge in [0.1, 0.15) is 0 Å². The van der Waals surface area contributed by atoms with E-state index in [-0.39, 0.29) is 19.6 Å². The number of ether oxygens (including phenoxy) is 1. The molecule has 1 atom stereocenters. The maximum Gasteiger partial charge on any atom is 0.320 e. The van der Waals surface area contributed by atoms with Crippen LogP contribution >= 0.6 is 0 Å². The second-order valence-electron chi connectivity index (χ2n) is 2.16. The molecular weight excluding hydrogens is 164 g/mol. The normalized spacial score (nSPS) is 12.2. The van der Waals surface area contributed by atoms with Gasteiger partial charge in [-0.3, -0.25) is 9.59 Å². The molecule has 0 saturated carbocycles. The maximum atomic E-state index is 10.9. The molecule has 2 N–H and O–H groups in total. The van der Waals surface area contributed by atoms with Gasteiger partial charge in [0.2, 0.25) is 0 Å². The van der Waals surface area contributed by atoms with Gasteiger partial charge in [0, 0.05) is 6.61 Å². The zero-order chi connectivity index (χ0) is 9.56. The summed E-state index contributed by atoms with van der Waals surface area (Å²) >= 11 is 0. The van der Waals surface area contributed by atoms with E-state index in [1.165, 1.54) is 0 Å². The van der Waals surface area contributed by atoms with Crippen LogP contribution in [0.1, 0.15) is 13.3 Å². The highest BCUT2D eigenvalue weighted by Crippen LogP contribution is 2.05. The number of esters is 1. The Hall–Kier alpha value is -1.10. The molecule has 0 fully saturated rings. The van der Waals surface area contributed by atoms with Crippen LogP contribution in [-0.2, 0) is 14.3 Å². The molecule has 70 valence electrons. The Balaban J connectivity index is 4.09. The number of carboxylic acids is 1. The maximum absolute atomic E-state index is 10.9. The molecular formula is C7H12O5. The molecule has 0 rings (SSSR count). The van der Waals surface area contributed by atoms with Crippen molar-refractivity contribution in [2.45, 2.75) is 13.3 Å². The van der Waals surface area contributed by atoms with Gasteiger partial charge in [0.15, 0.2) is 5.92 Å². The van der Waals surface area contributed by atoms with E-state index in [4.69, 9.17) is 10.2 Å². The third-order valence-corrected chi connectivity index (χ3v) is 1.29. The molecule has 0 aromatic rings. The Bertz CT molecular complexity index is 165. The van der Waals surface area contributed by atoms with E-state index in [0.29, 0.717) is 0 Å². The average Bonchev–Trinajstić information content (AvgIpc) is 1.99. The van der Waals surface area contributed by atoms with Gasteiger partial charge in [-0.15, -0.1) is 0 Å². The second-order valence-corrected chi connectivity index (χ2v) is 2.16. The molecule has 0 aromatic carbocycles. The standard InChI is InChI=1S/C7H12O5/c1-2-12-7(11)5(3-4-8)6(9)10/h5,8H,2-4H2,1H3,(H,9,10). The van der Waals surface area contributed by atoms with E-state index < -0.39 is 17.9 Å². The van der Waals surface area contributed by atoms with Gasteiger partial charge in [0.05, 0.1) is 6.61 Å². The number of carboxylic acid groups (broad SMARTS) is 1. The molecule has 0 bridgehead atoms. The van der Waals surface area contributed by atoms with Gasteiger partial charge >= 0.3 is 11.9 Å². The van der Waals surface area contributed by atoms with E-state index in [2.05, 4.69) is 4.74 Å². The highest BCUT2D eigenvalue weighted by Gasteiger charge is 2.26. The number of rotatable bonds is 5. The topological polar surface area (TPSA) is 83.8 Å². The summed E-state index contributed by atoms with van der Waals surface area (Å²) in [7, 11) is 0. The van der Waals surface area contributed by atoms with Crippen LogP contribution in [0.5, 0.6) is 0 Å². The lowest BCUT2D eigenvalue weighted by Crippen LogP contribution is -2.26. The third kappa shape index (κ3) is 3.34. The summed E-state index contributed by atoms with van der Waals surface area (Å²) in [6.07, 6.45) is -0.103. The number of aliphatic hydroxyl groups excluding tert-OH is 1. The first-order valence-corrected chi connectivity index (χ1v) is 3.63. The largest absolute Gasteiger partial charge is 0.481 e. The predicted octanol–water partition coefficient (Wildman–Crippen LogP) is -0.367. The molecule has 0 aliphatic rings. The van der Waals surface area contributed by atoms with Crippen molar-refractivity contribution in [2.75, 3.05) is 13.2 Å². The minimum absolute atomic E-state index is 0.103. The van der Waals surface area contributed by atoms with Gasteiger partial charge < -0.3 is 14.9 Å². The van der Waals surface area contributed by atoms with Gasteiger partial charge in [-0.05, 0) is 13.3 Å². The average molecular weight is 176 g/mol. The van der Waals surface area contributed by atoms with Crippen molar-refractivity contribution in [1.82, 2.24) is 0 Å². The summed E-state index contributed by atoms with van der Waals surface area (Å²) in [5, 5.41) is 16.9. The van der Waals surface area contributed by atoms with E-state index in [9.17, 15) is 9.59 Å². The number of aliphatic hydroxyl groups is 1. The molecule has 0 aliphatic carbocycles. The van der Waals surface area contributed by atoms with Crippen LogP contribution in [0.25, 0.3) is 0 Å². The number of hydrogen-bond acceptors (Lipinski definition) is 4. The fraction of sp³-hybridized carbons (Fsp3) is 0.714. The Morgan fingerprint density at radius 3 is 2.42 bits per heavy atom. The molecule has 0 radical (unpaired) electrons. The smallest absolute Gasteiger partial charge is 0.320 e. The molecule has 0 heterocycles. The van der Waals surface area contributed by atoms with Crippen molar-refractivity contribution in [3.8, 4) is 0 Å². The number of carbonyl (C=O) groups is 2. The molecule has 1 unspecified atom stereocenters. The highest BCUT2D eigenvalue weighted by molar-refractivity contribution is 5.93. The van der Waals surface area contributed by atoms with E-state index in [1.54, 1.807) is 6.92 Å². The van der Waals surface area contributed by atoms with Gasteiger partial charge in [-0.25, -0.2) is 0 Å². The van der Waals surface area contributed by atoms with Gasteiger partial charge in [-0.1, -0.05) is 0 Å². The summed E-state index contributed by atoms with van der Waals surface area (Å²) in [5.74, 6) is -3.29. The van der Waals surface area contributed by atoms with Crippen LogP contribution in [-0.4, -0.2) is 35.4 Å². The Labute approximate surface area is 70.0 Å². The van der Waals surface area contributed by atoms with Crippen LogP contribution in [0.4, 0.5) is 0 Å². The molecule has 5 nitrogen and oxygen atoms in total. The lowest BCUT2D eigenvalue weighted by molar-refractivity contribution is -0.159. The molecule has 0 aliphatic heterocycles. The second kappa shape index (κ2) is 5.54. The summed E-state index contributed by atoms with van der Waals surface area (Å²) in [5.41, 5.74) is 0. The van der Waals surface area contributed by atoms with E-state index >= 15 is 0 Å². The third-order valence-electron chi connectivity index (χ3n) is 1.29. The first-order valence-electron chi connectivity index (χ1n) is 3.63. The van der Waals surface area contributed by atoms with Crippen molar-refractivity contribution in [1.29, 1.82) is 0 Å². The van der Waals surface area contributed by atoms with Crippen molar-refractivity contribution in [2.24, 2.45) is 5.92 Å². The number of carbonyl (C=O) groups excluding carboxylic acids is 1.